The number of benzene rings is 2. The lowest BCUT2D eigenvalue weighted by atomic mass is 9.87. The van der Waals surface area contributed by atoms with Crippen molar-refractivity contribution in [2.75, 3.05) is 6.54 Å². The monoisotopic (exact) mass is 241 g/mol. The van der Waals surface area contributed by atoms with Crippen molar-refractivity contribution in [3.8, 4) is 0 Å². The first kappa shape index (κ1) is 12.8. The predicted molar refractivity (Wildman–Crippen MR) is 74.4 cm³/mol. The first-order valence-electron chi connectivity index (χ1n) is 6.22. The fourth-order valence-electron chi connectivity index (χ4n) is 2.31. The minimum Gasteiger partial charge on any atom is -0.388 e. The Balaban J connectivity index is 2.32. The SMILES string of the molecule is Cc1ccccc1C(CN)C(O)c1ccccc1. The molecule has 2 rings (SSSR count). The van der Waals surface area contributed by atoms with Crippen LogP contribution in [0.25, 0.3) is 0 Å². The highest BCUT2D eigenvalue weighted by molar-refractivity contribution is 5.32. The van der Waals surface area contributed by atoms with Gasteiger partial charge in [0.25, 0.3) is 0 Å². The highest BCUT2D eigenvalue weighted by atomic mass is 16.3. The Labute approximate surface area is 108 Å². The smallest absolute Gasteiger partial charge is 0.0870 e. The van der Waals surface area contributed by atoms with Gasteiger partial charge in [-0.3, -0.25) is 0 Å². The Kier molecular flexibility index (Phi) is 4.13. The molecule has 2 aromatic carbocycles. The van der Waals surface area contributed by atoms with Crippen LogP contribution in [0, 0.1) is 6.92 Å². The third-order valence-corrected chi connectivity index (χ3v) is 3.36. The molecule has 2 atom stereocenters. The molecular weight excluding hydrogens is 222 g/mol. The summed E-state index contributed by atoms with van der Waals surface area (Å²) in [6, 6.07) is 17.8. The van der Waals surface area contributed by atoms with Crippen LogP contribution in [0.5, 0.6) is 0 Å². The Morgan fingerprint density at radius 1 is 1.00 bits per heavy atom. The van der Waals surface area contributed by atoms with Crippen molar-refractivity contribution in [2.45, 2.75) is 18.9 Å². The molecule has 0 aliphatic heterocycles. The molecule has 2 nitrogen and oxygen atoms in total. The number of aryl methyl sites for hydroxylation is 1. The summed E-state index contributed by atoms with van der Waals surface area (Å²) >= 11 is 0. The Hall–Kier alpha value is -1.64. The van der Waals surface area contributed by atoms with Crippen molar-refractivity contribution < 1.29 is 5.11 Å². The van der Waals surface area contributed by atoms with E-state index in [0.29, 0.717) is 6.54 Å². The predicted octanol–water partition coefficient (Wildman–Crippen LogP) is 2.77. The van der Waals surface area contributed by atoms with Gasteiger partial charge in [0.15, 0.2) is 0 Å². The molecule has 3 N–H and O–H groups in total. The third-order valence-electron chi connectivity index (χ3n) is 3.36. The van der Waals surface area contributed by atoms with Gasteiger partial charge in [-0.05, 0) is 23.6 Å². The van der Waals surface area contributed by atoms with Crippen LogP contribution in [-0.2, 0) is 0 Å². The van der Waals surface area contributed by atoms with Crippen molar-refractivity contribution in [1.29, 1.82) is 0 Å². The molecule has 0 amide bonds. The van der Waals surface area contributed by atoms with Crippen LogP contribution in [0.4, 0.5) is 0 Å². The summed E-state index contributed by atoms with van der Waals surface area (Å²) in [4.78, 5) is 0. The molecule has 0 radical (unpaired) electrons. The van der Waals surface area contributed by atoms with Gasteiger partial charge >= 0.3 is 0 Å². The molecule has 94 valence electrons. The van der Waals surface area contributed by atoms with E-state index in [0.717, 1.165) is 11.1 Å². The molecule has 0 saturated carbocycles. The minimum absolute atomic E-state index is 0.0615. The first-order valence-corrected chi connectivity index (χ1v) is 6.22. The number of hydrogen-bond acceptors (Lipinski definition) is 2. The molecule has 0 spiro atoms. The van der Waals surface area contributed by atoms with E-state index in [2.05, 4.69) is 13.0 Å². The molecule has 18 heavy (non-hydrogen) atoms. The van der Waals surface area contributed by atoms with Gasteiger partial charge in [-0.1, -0.05) is 54.6 Å². The average molecular weight is 241 g/mol. The second kappa shape index (κ2) is 5.80. The Bertz CT molecular complexity index is 495. The molecule has 2 unspecified atom stereocenters. The fraction of sp³-hybridized carbons (Fsp3) is 0.250. The summed E-state index contributed by atoms with van der Waals surface area (Å²) in [6.45, 7) is 2.48. The molecule has 0 heterocycles. The summed E-state index contributed by atoms with van der Waals surface area (Å²) in [7, 11) is 0. The summed E-state index contributed by atoms with van der Waals surface area (Å²) in [5.41, 5.74) is 9.06. The van der Waals surface area contributed by atoms with Crippen LogP contribution in [0.3, 0.4) is 0 Å². The maximum Gasteiger partial charge on any atom is 0.0870 e. The van der Waals surface area contributed by atoms with Crippen LogP contribution in [0.2, 0.25) is 0 Å². The lowest BCUT2D eigenvalue weighted by molar-refractivity contribution is 0.147. The van der Waals surface area contributed by atoms with Crippen LogP contribution in [-0.4, -0.2) is 11.7 Å². The molecule has 0 saturated heterocycles. The van der Waals surface area contributed by atoms with E-state index in [4.69, 9.17) is 5.73 Å². The van der Waals surface area contributed by atoms with E-state index in [1.54, 1.807) is 0 Å². The van der Waals surface area contributed by atoms with Gasteiger partial charge in [0.2, 0.25) is 0 Å². The topological polar surface area (TPSA) is 46.2 Å². The van der Waals surface area contributed by atoms with Crippen LogP contribution >= 0.6 is 0 Å². The number of hydrogen-bond donors (Lipinski definition) is 2. The fourth-order valence-corrected chi connectivity index (χ4v) is 2.31. The molecule has 0 aliphatic carbocycles. The van der Waals surface area contributed by atoms with Crippen molar-refractivity contribution in [2.24, 2.45) is 5.73 Å². The Morgan fingerprint density at radius 2 is 1.61 bits per heavy atom. The van der Waals surface area contributed by atoms with Gasteiger partial charge in [0, 0.05) is 12.5 Å². The second-order valence-corrected chi connectivity index (χ2v) is 4.55. The van der Waals surface area contributed by atoms with Crippen molar-refractivity contribution in [3.63, 3.8) is 0 Å². The number of rotatable bonds is 4. The van der Waals surface area contributed by atoms with Gasteiger partial charge in [-0.25, -0.2) is 0 Å². The summed E-state index contributed by atoms with van der Waals surface area (Å²) < 4.78 is 0. The van der Waals surface area contributed by atoms with Crippen molar-refractivity contribution in [3.05, 3.63) is 71.3 Å². The quantitative estimate of drug-likeness (QED) is 0.864. The lowest BCUT2D eigenvalue weighted by Crippen LogP contribution is -2.21. The van der Waals surface area contributed by atoms with Crippen LogP contribution in [0.15, 0.2) is 54.6 Å². The van der Waals surface area contributed by atoms with E-state index in [-0.39, 0.29) is 5.92 Å². The zero-order chi connectivity index (χ0) is 13.0. The summed E-state index contributed by atoms with van der Waals surface area (Å²) in [5, 5.41) is 10.5. The van der Waals surface area contributed by atoms with Gasteiger partial charge in [-0.15, -0.1) is 0 Å². The molecule has 2 heteroatoms. The van der Waals surface area contributed by atoms with Gasteiger partial charge < -0.3 is 10.8 Å². The first-order chi connectivity index (χ1) is 8.74. The van der Waals surface area contributed by atoms with Gasteiger partial charge in [0.05, 0.1) is 6.10 Å². The zero-order valence-corrected chi connectivity index (χ0v) is 10.6. The standard InChI is InChI=1S/C16H19NO/c1-12-7-5-6-10-14(12)15(11-17)16(18)13-8-3-2-4-9-13/h2-10,15-16,18H,11,17H2,1H3. The minimum atomic E-state index is -0.558. The zero-order valence-electron chi connectivity index (χ0n) is 10.6. The van der Waals surface area contributed by atoms with E-state index >= 15 is 0 Å². The molecule has 2 aromatic rings. The number of aliphatic hydroxyl groups excluding tert-OH is 1. The number of nitrogens with two attached hydrogens (primary N) is 1. The maximum atomic E-state index is 10.5. The largest absolute Gasteiger partial charge is 0.388 e. The third kappa shape index (κ3) is 2.61. The van der Waals surface area contributed by atoms with E-state index in [1.807, 2.05) is 48.5 Å². The summed E-state index contributed by atoms with van der Waals surface area (Å²) in [6.07, 6.45) is -0.558. The van der Waals surface area contributed by atoms with E-state index < -0.39 is 6.10 Å². The van der Waals surface area contributed by atoms with E-state index in [1.165, 1.54) is 5.56 Å². The molecule has 0 aliphatic rings. The van der Waals surface area contributed by atoms with Crippen molar-refractivity contribution >= 4 is 0 Å². The molecule has 0 fully saturated rings. The lowest BCUT2D eigenvalue weighted by Gasteiger charge is -2.23. The van der Waals surface area contributed by atoms with Crippen LogP contribution in [0.1, 0.15) is 28.7 Å². The molecule has 0 aromatic heterocycles. The number of aliphatic hydroxyl groups is 1. The molecule has 0 bridgehead atoms. The van der Waals surface area contributed by atoms with Gasteiger partial charge in [-0.2, -0.15) is 0 Å². The van der Waals surface area contributed by atoms with Crippen LogP contribution < -0.4 is 5.73 Å². The highest BCUT2D eigenvalue weighted by Gasteiger charge is 2.22. The van der Waals surface area contributed by atoms with Crippen molar-refractivity contribution in [1.82, 2.24) is 0 Å². The normalized spacial score (nSPS) is 14.2. The second-order valence-electron chi connectivity index (χ2n) is 4.55. The average Bonchev–Trinajstić information content (AvgIpc) is 2.42. The molecular formula is C16H19NO. The maximum absolute atomic E-state index is 10.5. The highest BCUT2D eigenvalue weighted by Crippen LogP contribution is 2.31. The summed E-state index contributed by atoms with van der Waals surface area (Å²) in [5.74, 6) is -0.0615. The van der Waals surface area contributed by atoms with E-state index in [9.17, 15) is 5.11 Å². The van der Waals surface area contributed by atoms with Gasteiger partial charge in [0.1, 0.15) is 0 Å². The Morgan fingerprint density at radius 3 is 2.22 bits per heavy atom.